The van der Waals surface area contributed by atoms with Crippen molar-refractivity contribution in [1.29, 1.82) is 0 Å². The van der Waals surface area contributed by atoms with Crippen molar-refractivity contribution in [1.82, 2.24) is 19.7 Å². The minimum atomic E-state index is 0.393. The number of ether oxygens (including phenoxy) is 2. The van der Waals surface area contributed by atoms with Crippen LogP contribution in [0.1, 0.15) is 0 Å². The number of halogens is 1. The molecule has 8 nitrogen and oxygen atoms in total. The smallest absolute Gasteiger partial charge is 0.231 e. The molecular weight excluding hydrogens is 392 g/mol. The van der Waals surface area contributed by atoms with Crippen molar-refractivity contribution in [3.05, 3.63) is 53.7 Å². The summed E-state index contributed by atoms with van der Waals surface area (Å²) >= 11 is 5.98. The number of rotatable bonds is 6. The van der Waals surface area contributed by atoms with Gasteiger partial charge in [-0.1, -0.05) is 11.6 Å². The first kappa shape index (κ1) is 18.8. The number of nitrogens with zero attached hydrogens (tertiary/aromatic N) is 4. The lowest BCUT2D eigenvalue weighted by molar-refractivity contribution is 0.405. The second-order valence-electron chi connectivity index (χ2n) is 6.22. The normalized spacial score (nSPS) is 10.8. The van der Waals surface area contributed by atoms with Crippen LogP contribution in [-0.2, 0) is 7.05 Å². The molecule has 9 heteroatoms. The van der Waals surface area contributed by atoms with Gasteiger partial charge in [-0.05, 0) is 36.4 Å². The third-order valence-corrected chi connectivity index (χ3v) is 4.60. The minimum absolute atomic E-state index is 0.393. The number of hydrogen-bond acceptors (Lipinski definition) is 7. The lowest BCUT2D eigenvalue weighted by Crippen LogP contribution is -2.04. The molecule has 0 unspecified atom stereocenters. The molecule has 0 fully saturated rings. The number of aryl methyl sites for hydroxylation is 1. The van der Waals surface area contributed by atoms with Crippen LogP contribution < -0.4 is 20.1 Å². The topological polar surface area (TPSA) is 86.1 Å². The van der Waals surface area contributed by atoms with Gasteiger partial charge in [0.05, 0.1) is 31.5 Å². The van der Waals surface area contributed by atoms with E-state index in [0.717, 1.165) is 11.1 Å². The number of aromatic nitrogens is 4. The Bertz CT molecular complexity index is 1160. The van der Waals surface area contributed by atoms with E-state index in [1.165, 1.54) is 0 Å². The highest BCUT2D eigenvalue weighted by molar-refractivity contribution is 6.30. The first-order chi connectivity index (χ1) is 14.1. The number of nitrogens with one attached hydrogen (secondary N) is 2. The zero-order valence-electron chi connectivity index (χ0n) is 16.1. The van der Waals surface area contributed by atoms with Crippen LogP contribution in [0.15, 0.2) is 48.7 Å². The second kappa shape index (κ2) is 7.84. The fourth-order valence-corrected chi connectivity index (χ4v) is 3.00. The van der Waals surface area contributed by atoms with Crippen LogP contribution in [0.3, 0.4) is 0 Å². The molecule has 0 saturated carbocycles. The average molecular weight is 411 g/mol. The predicted octanol–water partition coefficient (Wildman–Crippen LogP) is 4.52. The molecule has 4 rings (SSSR count). The van der Waals surface area contributed by atoms with Gasteiger partial charge in [0, 0.05) is 23.8 Å². The van der Waals surface area contributed by atoms with E-state index in [0.29, 0.717) is 39.6 Å². The fourth-order valence-electron chi connectivity index (χ4n) is 2.88. The van der Waals surface area contributed by atoms with Gasteiger partial charge in [-0.15, -0.1) is 0 Å². The number of fused-ring (bicyclic) bond motifs is 1. The molecular formula is C20H19ClN6O2. The fraction of sp³-hybridized carbons (Fsp3) is 0.150. The van der Waals surface area contributed by atoms with Gasteiger partial charge in [0.15, 0.2) is 5.65 Å². The van der Waals surface area contributed by atoms with Crippen molar-refractivity contribution >= 4 is 45.8 Å². The largest absolute Gasteiger partial charge is 0.497 e. The van der Waals surface area contributed by atoms with Crippen molar-refractivity contribution in [2.45, 2.75) is 0 Å². The van der Waals surface area contributed by atoms with Crippen molar-refractivity contribution in [3.8, 4) is 11.5 Å². The molecule has 2 aromatic carbocycles. The van der Waals surface area contributed by atoms with Crippen LogP contribution in [-0.4, -0.2) is 34.0 Å². The van der Waals surface area contributed by atoms with E-state index >= 15 is 0 Å². The quantitative estimate of drug-likeness (QED) is 0.483. The molecule has 2 heterocycles. The molecule has 0 bridgehead atoms. The molecule has 0 aliphatic rings. The van der Waals surface area contributed by atoms with E-state index < -0.39 is 0 Å². The zero-order chi connectivity index (χ0) is 20.4. The summed E-state index contributed by atoms with van der Waals surface area (Å²) in [5.41, 5.74) is 2.22. The van der Waals surface area contributed by atoms with Gasteiger partial charge in [-0.25, -0.2) is 0 Å². The first-order valence-electron chi connectivity index (χ1n) is 8.79. The summed E-state index contributed by atoms with van der Waals surface area (Å²) < 4.78 is 12.4. The summed E-state index contributed by atoms with van der Waals surface area (Å²) in [7, 11) is 5.04. The molecule has 0 amide bonds. The van der Waals surface area contributed by atoms with Crippen LogP contribution >= 0.6 is 11.6 Å². The Balaban J connectivity index is 1.75. The summed E-state index contributed by atoms with van der Waals surface area (Å²) in [6.45, 7) is 0. The second-order valence-corrected chi connectivity index (χ2v) is 6.66. The van der Waals surface area contributed by atoms with Crippen molar-refractivity contribution in [2.75, 3.05) is 24.9 Å². The SMILES string of the molecule is COc1ccc(OC)c(Nc2nc(Nc3ccc(Cl)cc3)c3cnn(C)c3n2)c1. The van der Waals surface area contributed by atoms with Gasteiger partial charge in [0.1, 0.15) is 17.3 Å². The Labute approximate surface area is 172 Å². The van der Waals surface area contributed by atoms with Gasteiger partial charge in [-0.2, -0.15) is 15.1 Å². The van der Waals surface area contributed by atoms with E-state index in [-0.39, 0.29) is 0 Å². The predicted molar refractivity (Wildman–Crippen MR) is 114 cm³/mol. The summed E-state index contributed by atoms with van der Waals surface area (Å²) in [4.78, 5) is 9.24. The minimum Gasteiger partial charge on any atom is -0.497 e. The van der Waals surface area contributed by atoms with E-state index in [1.54, 1.807) is 25.1 Å². The summed E-state index contributed by atoms with van der Waals surface area (Å²) in [6.07, 6.45) is 1.73. The van der Waals surface area contributed by atoms with Crippen LogP contribution in [0.25, 0.3) is 11.0 Å². The van der Waals surface area contributed by atoms with Crippen LogP contribution in [0.4, 0.5) is 23.1 Å². The molecule has 0 atom stereocenters. The Hall–Kier alpha value is -3.52. The maximum atomic E-state index is 5.98. The van der Waals surface area contributed by atoms with E-state index in [2.05, 4.69) is 25.7 Å². The molecule has 4 aromatic rings. The highest BCUT2D eigenvalue weighted by Gasteiger charge is 2.14. The molecule has 0 spiro atoms. The molecule has 0 aliphatic carbocycles. The van der Waals surface area contributed by atoms with Crippen LogP contribution in [0, 0.1) is 0 Å². The molecule has 0 aliphatic heterocycles. The molecule has 29 heavy (non-hydrogen) atoms. The van der Waals surface area contributed by atoms with E-state index in [1.807, 2.05) is 49.5 Å². The molecule has 0 saturated heterocycles. The molecule has 2 N–H and O–H groups in total. The van der Waals surface area contributed by atoms with Crippen molar-refractivity contribution in [2.24, 2.45) is 7.05 Å². The highest BCUT2D eigenvalue weighted by Crippen LogP contribution is 2.32. The molecule has 0 radical (unpaired) electrons. The Kier molecular flexibility index (Phi) is 5.09. The standard InChI is InChI=1S/C20H19ClN6O2/c1-27-19-15(11-22-27)18(23-13-6-4-12(21)5-7-13)25-20(26-19)24-16-10-14(28-2)8-9-17(16)29-3/h4-11H,1-3H3,(H2,23,24,25,26). The lowest BCUT2D eigenvalue weighted by atomic mass is 10.2. The van der Waals surface area contributed by atoms with Gasteiger partial charge < -0.3 is 20.1 Å². The maximum Gasteiger partial charge on any atom is 0.231 e. The highest BCUT2D eigenvalue weighted by atomic mass is 35.5. The van der Waals surface area contributed by atoms with Gasteiger partial charge in [-0.3, -0.25) is 4.68 Å². The van der Waals surface area contributed by atoms with Crippen molar-refractivity contribution in [3.63, 3.8) is 0 Å². The number of methoxy groups -OCH3 is 2. The van der Waals surface area contributed by atoms with E-state index in [4.69, 9.17) is 21.1 Å². The van der Waals surface area contributed by atoms with Crippen LogP contribution in [0.2, 0.25) is 5.02 Å². The number of benzene rings is 2. The van der Waals surface area contributed by atoms with Crippen LogP contribution in [0.5, 0.6) is 11.5 Å². The number of hydrogen-bond donors (Lipinski definition) is 2. The third kappa shape index (κ3) is 3.88. The van der Waals surface area contributed by atoms with Gasteiger partial charge >= 0.3 is 0 Å². The first-order valence-corrected chi connectivity index (χ1v) is 9.16. The van der Waals surface area contributed by atoms with Gasteiger partial charge in [0.2, 0.25) is 5.95 Å². The maximum absolute atomic E-state index is 5.98. The summed E-state index contributed by atoms with van der Waals surface area (Å²) in [5, 5.41) is 12.3. The Morgan fingerprint density at radius 1 is 0.966 bits per heavy atom. The average Bonchev–Trinajstić information content (AvgIpc) is 3.11. The monoisotopic (exact) mass is 410 g/mol. The zero-order valence-corrected chi connectivity index (χ0v) is 16.9. The Morgan fingerprint density at radius 2 is 1.76 bits per heavy atom. The third-order valence-electron chi connectivity index (χ3n) is 4.35. The lowest BCUT2D eigenvalue weighted by Gasteiger charge is -2.13. The number of anilines is 4. The molecule has 148 valence electrons. The summed E-state index contributed by atoms with van der Waals surface area (Å²) in [5.74, 6) is 2.35. The van der Waals surface area contributed by atoms with Gasteiger partial charge in [0.25, 0.3) is 0 Å². The Morgan fingerprint density at radius 3 is 2.48 bits per heavy atom. The summed E-state index contributed by atoms with van der Waals surface area (Å²) in [6, 6.07) is 12.8. The van der Waals surface area contributed by atoms with Crippen molar-refractivity contribution < 1.29 is 9.47 Å². The molecule has 2 aromatic heterocycles. The van der Waals surface area contributed by atoms with E-state index in [9.17, 15) is 0 Å².